The van der Waals surface area contributed by atoms with Gasteiger partial charge < -0.3 is 20.1 Å². The average Bonchev–Trinajstić information content (AvgIpc) is 2.74. The normalized spacial score (nSPS) is 10.3. The van der Waals surface area contributed by atoms with Crippen molar-refractivity contribution in [3.63, 3.8) is 0 Å². The molecule has 0 saturated carbocycles. The van der Waals surface area contributed by atoms with Crippen LogP contribution in [-0.2, 0) is 6.54 Å². The summed E-state index contributed by atoms with van der Waals surface area (Å²) in [6.07, 6.45) is 3.26. The van der Waals surface area contributed by atoms with Gasteiger partial charge in [0.1, 0.15) is 0 Å². The molecule has 0 unspecified atom stereocenters. The molecule has 2 aromatic carbocycles. The van der Waals surface area contributed by atoms with Crippen LogP contribution in [0.25, 0.3) is 0 Å². The molecule has 0 aliphatic carbocycles. The molecule has 1 aromatic heterocycles. The first-order valence-electron chi connectivity index (χ1n) is 9.28. The lowest BCUT2D eigenvalue weighted by Crippen LogP contribution is -2.23. The van der Waals surface area contributed by atoms with Gasteiger partial charge in [-0.05, 0) is 54.8 Å². The number of hydrogen-bond donors (Lipinski definition) is 2. The Hall–Kier alpha value is -3.54. The number of hydrogen-bond acceptors (Lipinski definition) is 5. The first-order valence-corrected chi connectivity index (χ1v) is 9.28. The molecular formula is C23H25N3O3. The van der Waals surface area contributed by atoms with Gasteiger partial charge in [0.25, 0.3) is 5.91 Å². The summed E-state index contributed by atoms with van der Waals surface area (Å²) < 4.78 is 10.5. The average molecular weight is 391 g/mol. The molecule has 0 aliphatic heterocycles. The van der Waals surface area contributed by atoms with Crippen molar-refractivity contribution >= 4 is 17.3 Å². The lowest BCUT2D eigenvalue weighted by molar-refractivity contribution is 0.0950. The van der Waals surface area contributed by atoms with E-state index in [2.05, 4.69) is 33.8 Å². The van der Waals surface area contributed by atoms with Crippen LogP contribution in [0.4, 0.5) is 11.4 Å². The van der Waals surface area contributed by atoms with E-state index in [9.17, 15) is 4.79 Å². The summed E-state index contributed by atoms with van der Waals surface area (Å²) in [5.74, 6) is 1.08. The quantitative estimate of drug-likeness (QED) is 0.625. The summed E-state index contributed by atoms with van der Waals surface area (Å²) in [5.41, 5.74) is 5.44. The van der Waals surface area contributed by atoms with Crippen LogP contribution in [0.5, 0.6) is 11.5 Å². The molecule has 0 atom stereocenters. The highest BCUT2D eigenvalue weighted by Gasteiger charge is 2.10. The number of amides is 1. The third-order valence-electron chi connectivity index (χ3n) is 4.57. The monoisotopic (exact) mass is 391 g/mol. The maximum atomic E-state index is 12.6. The Labute approximate surface area is 170 Å². The molecule has 29 heavy (non-hydrogen) atoms. The number of benzene rings is 2. The molecule has 2 N–H and O–H groups in total. The van der Waals surface area contributed by atoms with Gasteiger partial charge in [-0.2, -0.15) is 0 Å². The van der Waals surface area contributed by atoms with Crippen LogP contribution in [-0.4, -0.2) is 25.1 Å². The zero-order valence-corrected chi connectivity index (χ0v) is 17.1. The van der Waals surface area contributed by atoms with Gasteiger partial charge in [0.15, 0.2) is 11.5 Å². The predicted octanol–water partition coefficient (Wildman–Crippen LogP) is 4.39. The fourth-order valence-electron chi connectivity index (χ4n) is 2.93. The van der Waals surface area contributed by atoms with Crippen LogP contribution in [0.2, 0.25) is 0 Å². The lowest BCUT2D eigenvalue weighted by Gasteiger charge is -2.12. The molecule has 3 aromatic rings. The van der Waals surface area contributed by atoms with Crippen LogP contribution in [0.3, 0.4) is 0 Å². The van der Waals surface area contributed by atoms with Gasteiger partial charge in [-0.3, -0.25) is 9.78 Å². The van der Waals surface area contributed by atoms with Crippen LogP contribution in [0.1, 0.15) is 27.0 Å². The van der Waals surface area contributed by atoms with Crippen molar-refractivity contribution in [3.05, 3.63) is 77.1 Å². The Morgan fingerprint density at radius 3 is 2.52 bits per heavy atom. The third kappa shape index (κ3) is 5.04. The summed E-state index contributed by atoms with van der Waals surface area (Å²) in [4.78, 5) is 16.8. The molecule has 1 amide bonds. The number of anilines is 2. The number of aromatic nitrogens is 1. The Bertz CT molecular complexity index is 1020. The number of carbonyl (C=O) groups is 1. The van der Waals surface area contributed by atoms with Gasteiger partial charge in [0.2, 0.25) is 0 Å². The molecule has 0 bridgehead atoms. The summed E-state index contributed by atoms with van der Waals surface area (Å²) in [5, 5.41) is 6.25. The minimum atomic E-state index is -0.197. The standard InChI is InChI=1S/C23H25N3O3/c1-15-5-6-16(2)20(9-15)26-19-11-18(13-24-14-19)23(27)25-12-17-7-8-21(28-3)22(10-17)29-4/h5-11,13-14,26H,12H2,1-4H3,(H,25,27). The van der Waals surface area contributed by atoms with E-state index in [1.54, 1.807) is 32.7 Å². The molecule has 6 heteroatoms. The van der Waals surface area contributed by atoms with E-state index in [4.69, 9.17) is 9.47 Å². The van der Waals surface area contributed by atoms with Crippen molar-refractivity contribution in [2.45, 2.75) is 20.4 Å². The number of pyridine rings is 1. The second-order valence-corrected chi connectivity index (χ2v) is 6.78. The topological polar surface area (TPSA) is 72.5 Å². The number of nitrogens with zero attached hydrogens (tertiary/aromatic N) is 1. The molecular weight excluding hydrogens is 366 g/mol. The van der Waals surface area contributed by atoms with E-state index in [1.807, 2.05) is 32.0 Å². The molecule has 150 valence electrons. The predicted molar refractivity (Wildman–Crippen MR) is 114 cm³/mol. The SMILES string of the molecule is COc1ccc(CNC(=O)c2cncc(Nc3cc(C)ccc3C)c2)cc1OC. The van der Waals surface area contributed by atoms with Crippen LogP contribution < -0.4 is 20.1 Å². The Morgan fingerprint density at radius 1 is 0.966 bits per heavy atom. The number of rotatable bonds is 7. The van der Waals surface area contributed by atoms with E-state index < -0.39 is 0 Å². The molecule has 3 rings (SSSR count). The van der Waals surface area contributed by atoms with Gasteiger partial charge in [0.05, 0.1) is 31.7 Å². The van der Waals surface area contributed by atoms with Crippen molar-refractivity contribution in [1.82, 2.24) is 10.3 Å². The fraction of sp³-hybridized carbons (Fsp3) is 0.217. The van der Waals surface area contributed by atoms with Crippen molar-refractivity contribution in [1.29, 1.82) is 0 Å². The zero-order chi connectivity index (χ0) is 20.8. The molecule has 1 heterocycles. The molecule has 0 radical (unpaired) electrons. The molecule has 6 nitrogen and oxygen atoms in total. The second-order valence-electron chi connectivity index (χ2n) is 6.78. The highest BCUT2D eigenvalue weighted by Crippen LogP contribution is 2.27. The number of aryl methyl sites for hydroxylation is 2. The molecule has 0 saturated heterocycles. The summed E-state index contributed by atoms with van der Waals surface area (Å²) >= 11 is 0. The third-order valence-corrected chi connectivity index (χ3v) is 4.57. The zero-order valence-electron chi connectivity index (χ0n) is 17.1. The Balaban J connectivity index is 1.69. The van der Waals surface area contributed by atoms with E-state index in [-0.39, 0.29) is 5.91 Å². The number of carbonyl (C=O) groups excluding carboxylic acids is 1. The summed E-state index contributed by atoms with van der Waals surface area (Å²) in [7, 11) is 3.17. The van der Waals surface area contributed by atoms with E-state index in [0.717, 1.165) is 28.1 Å². The number of methoxy groups -OCH3 is 2. The largest absolute Gasteiger partial charge is 0.493 e. The van der Waals surface area contributed by atoms with Crippen molar-refractivity contribution in [3.8, 4) is 11.5 Å². The van der Waals surface area contributed by atoms with Crippen LogP contribution >= 0.6 is 0 Å². The molecule has 0 fully saturated rings. The fourth-order valence-corrected chi connectivity index (χ4v) is 2.93. The smallest absolute Gasteiger partial charge is 0.253 e. The van der Waals surface area contributed by atoms with Gasteiger partial charge in [-0.15, -0.1) is 0 Å². The lowest BCUT2D eigenvalue weighted by atomic mass is 10.1. The number of ether oxygens (including phenoxy) is 2. The van der Waals surface area contributed by atoms with Crippen molar-refractivity contribution in [2.75, 3.05) is 19.5 Å². The summed E-state index contributed by atoms with van der Waals surface area (Å²) in [6, 6.07) is 13.5. The Morgan fingerprint density at radius 2 is 1.76 bits per heavy atom. The summed E-state index contributed by atoms with van der Waals surface area (Å²) in [6.45, 7) is 4.45. The minimum absolute atomic E-state index is 0.197. The van der Waals surface area contributed by atoms with Gasteiger partial charge in [0, 0.05) is 18.4 Å². The van der Waals surface area contributed by atoms with E-state index >= 15 is 0 Å². The maximum Gasteiger partial charge on any atom is 0.253 e. The van der Waals surface area contributed by atoms with Crippen LogP contribution in [0.15, 0.2) is 54.9 Å². The highest BCUT2D eigenvalue weighted by molar-refractivity contribution is 5.94. The van der Waals surface area contributed by atoms with Gasteiger partial charge in [-0.1, -0.05) is 18.2 Å². The van der Waals surface area contributed by atoms with E-state index in [1.165, 1.54) is 0 Å². The van der Waals surface area contributed by atoms with Gasteiger partial charge in [-0.25, -0.2) is 0 Å². The highest BCUT2D eigenvalue weighted by atomic mass is 16.5. The maximum absolute atomic E-state index is 12.6. The van der Waals surface area contributed by atoms with Gasteiger partial charge >= 0.3 is 0 Å². The van der Waals surface area contributed by atoms with Crippen molar-refractivity contribution in [2.24, 2.45) is 0 Å². The first-order chi connectivity index (χ1) is 14.0. The van der Waals surface area contributed by atoms with E-state index in [0.29, 0.717) is 23.6 Å². The molecule has 0 aliphatic rings. The Kier molecular flexibility index (Phi) is 6.34. The number of nitrogens with one attached hydrogen (secondary N) is 2. The second kappa shape index (κ2) is 9.10. The van der Waals surface area contributed by atoms with Crippen LogP contribution in [0, 0.1) is 13.8 Å². The minimum Gasteiger partial charge on any atom is -0.493 e. The first kappa shape index (κ1) is 20.2. The van der Waals surface area contributed by atoms with Crippen molar-refractivity contribution < 1.29 is 14.3 Å². The molecule has 0 spiro atoms.